The van der Waals surface area contributed by atoms with Crippen molar-refractivity contribution in [2.45, 2.75) is 27.2 Å². The predicted octanol–water partition coefficient (Wildman–Crippen LogP) is 3.93. The number of amides is 1. The first-order valence-electron chi connectivity index (χ1n) is 7.59. The molecule has 0 aliphatic carbocycles. The number of benzene rings is 2. The number of para-hydroxylation sites is 1. The molecule has 0 spiro atoms. The highest BCUT2D eigenvalue weighted by Gasteiger charge is 2.25. The number of nitro groups is 2. The first-order valence-corrected chi connectivity index (χ1v) is 7.59. The van der Waals surface area contributed by atoms with E-state index in [2.05, 4.69) is 5.32 Å². The summed E-state index contributed by atoms with van der Waals surface area (Å²) in [4.78, 5) is 33.3. The number of anilines is 1. The first-order chi connectivity index (χ1) is 11.8. The summed E-state index contributed by atoms with van der Waals surface area (Å²) in [5, 5.41) is 25.0. The lowest BCUT2D eigenvalue weighted by Gasteiger charge is -2.13. The summed E-state index contributed by atoms with van der Waals surface area (Å²) in [5.41, 5.74) is 1.22. The molecule has 0 fully saturated rings. The molecule has 25 heavy (non-hydrogen) atoms. The molecular weight excluding hydrogens is 326 g/mol. The molecule has 0 aliphatic heterocycles. The standard InChI is InChI=1S/C17H17N3O5/c1-4-12-7-5-6-10(2)16(12)18-17(21)13-8-14(19(22)23)11(3)15(9-13)20(24)25/h5-9H,4H2,1-3H3,(H,18,21). The highest BCUT2D eigenvalue weighted by Crippen LogP contribution is 2.30. The van der Waals surface area contributed by atoms with E-state index in [1.807, 2.05) is 32.0 Å². The van der Waals surface area contributed by atoms with Crippen LogP contribution in [0.4, 0.5) is 17.1 Å². The molecule has 2 aromatic rings. The van der Waals surface area contributed by atoms with Gasteiger partial charge in [-0.2, -0.15) is 0 Å². The Balaban J connectivity index is 2.50. The lowest BCUT2D eigenvalue weighted by atomic mass is 10.0. The van der Waals surface area contributed by atoms with E-state index in [4.69, 9.17) is 0 Å². The van der Waals surface area contributed by atoms with Gasteiger partial charge in [0.15, 0.2) is 0 Å². The second-order valence-corrected chi connectivity index (χ2v) is 5.57. The van der Waals surface area contributed by atoms with Crippen LogP contribution in [-0.2, 0) is 6.42 Å². The molecule has 130 valence electrons. The summed E-state index contributed by atoms with van der Waals surface area (Å²) in [7, 11) is 0. The third-order valence-electron chi connectivity index (χ3n) is 3.99. The average Bonchev–Trinajstić information content (AvgIpc) is 2.56. The highest BCUT2D eigenvalue weighted by molar-refractivity contribution is 6.06. The van der Waals surface area contributed by atoms with E-state index in [0.29, 0.717) is 12.1 Å². The van der Waals surface area contributed by atoms with Gasteiger partial charge < -0.3 is 5.32 Å². The van der Waals surface area contributed by atoms with Crippen molar-refractivity contribution in [1.82, 2.24) is 0 Å². The van der Waals surface area contributed by atoms with Crippen molar-refractivity contribution < 1.29 is 14.6 Å². The maximum atomic E-state index is 12.5. The fraction of sp³-hybridized carbons (Fsp3) is 0.235. The van der Waals surface area contributed by atoms with E-state index in [9.17, 15) is 25.0 Å². The van der Waals surface area contributed by atoms with E-state index >= 15 is 0 Å². The van der Waals surface area contributed by atoms with Crippen molar-refractivity contribution in [1.29, 1.82) is 0 Å². The minimum Gasteiger partial charge on any atom is -0.321 e. The number of nitrogens with zero attached hydrogens (tertiary/aromatic N) is 2. The monoisotopic (exact) mass is 343 g/mol. The molecule has 0 bridgehead atoms. The van der Waals surface area contributed by atoms with Crippen LogP contribution in [0.1, 0.15) is 34.0 Å². The van der Waals surface area contributed by atoms with Gasteiger partial charge in [0.25, 0.3) is 17.3 Å². The molecule has 8 nitrogen and oxygen atoms in total. The third kappa shape index (κ3) is 3.63. The van der Waals surface area contributed by atoms with E-state index in [0.717, 1.165) is 23.3 Å². The van der Waals surface area contributed by atoms with Crippen molar-refractivity contribution in [3.8, 4) is 0 Å². The van der Waals surface area contributed by atoms with Crippen molar-refractivity contribution in [3.63, 3.8) is 0 Å². The summed E-state index contributed by atoms with van der Waals surface area (Å²) < 4.78 is 0. The molecule has 0 aliphatic rings. The normalized spacial score (nSPS) is 10.4. The molecule has 0 saturated carbocycles. The molecule has 0 heterocycles. The molecule has 1 N–H and O–H groups in total. The number of carbonyl (C=O) groups is 1. The van der Waals surface area contributed by atoms with Gasteiger partial charge in [0.2, 0.25) is 0 Å². The van der Waals surface area contributed by atoms with Crippen molar-refractivity contribution in [2.75, 3.05) is 5.32 Å². The van der Waals surface area contributed by atoms with Gasteiger partial charge in [-0.05, 0) is 31.4 Å². The summed E-state index contributed by atoms with van der Waals surface area (Å²) in [6.07, 6.45) is 0.686. The van der Waals surface area contributed by atoms with Crippen LogP contribution in [0.15, 0.2) is 30.3 Å². The fourth-order valence-corrected chi connectivity index (χ4v) is 2.58. The largest absolute Gasteiger partial charge is 0.321 e. The van der Waals surface area contributed by atoms with Crippen molar-refractivity contribution >= 4 is 23.0 Å². The smallest absolute Gasteiger partial charge is 0.279 e. The second kappa shape index (κ2) is 7.08. The number of nitro benzene ring substituents is 2. The van der Waals surface area contributed by atoms with Crippen molar-refractivity contribution in [2.24, 2.45) is 0 Å². The van der Waals surface area contributed by atoms with Crippen LogP contribution in [0.25, 0.3) is 0 Å². The van der Waals surface area contributed by atoms with E-state index in [-0.39, 0.29) is 11.1 Å². The van der Waals surface area contributed by atoms with Crippen LogP contribution in [0.2, 0.25) is 0 Å². The molecule has 0 saturated heterocycles. The lowest BCUT2D eigenvalue weighted by molar-refractivity contribution is -0.395. The van der Waals surface area contributed by atoms with Crippen LogP contribution in [-0.4, -0.2) is 15.8 Å². The molecule has 1 amide bonds. The zero-order chi connectivity index (χ0) is 18.7. The van der Waals surface area contributed by atoms with Gasteiger partial charge in [-0.25, -0.2) is 0 Å². The molecule has 0 atom stereocenters. The third-order valence-corrected chi connectivity index (χ3v) is 3.99. The molecule has 0 aromatic heterocycles. The van der Waals surface area contributed by atoms with E-state index in [1.165, 1.54) is 6.92 Å². The van der Waals surface area contributed by atoms with Gasteiger partial charge in [0.1, 0.15) is 5.56 Å². The zero-order valence-electron chi connectivity index (χ0n) is 14.0. The maximum Gasteiger partial charge on any atom is 0.279 e. The summed E-state index contributed by atoms with van der Waals surface area (Å²) in [6.45, 7) is 5.05. The average molecular weight is 343 g/mol. The number of carbonyl (C=O) groups excluding carboxylic acids is 1. The fourth-order valence-electron chi connectivity index (χ4n) is 2.58. The zero-order valence-corrected chi connectivity index (χ0v) is 14.0. The summed E-state index contributed by atoms with van der Waals surface area (Å²) in [6, 6.07) is 7.67. The minimum absolute atomic E-state index is 0.0864. The number of hydrogen-bond donors (Lipinski definition) is 1. The van der Waals surface area contributed by atoms with Crippen molar-refractivity contribution in [3.05, 3.63) is 72.8 Å². The Kier molecular flexibility index (Phi) is 5.11. The number of nitrogens with one attached hydrogen (secondary N) is 1. The van der Waals surface area contributed by atoms with Gasteiger partial charge in [0, 0.05) is 17.8 Å². The SMILES string of the molecule is CCc1cccc(C)c1NC(=O)c1cc([N+](=O)[O-])c(C)c([N+](=O)[O-])c1. The number of rotatable bonds is 5. The first kappa shape index (κ1) is 18.1. The lowest BCUT2D eigenvalue weighted by Crippen LogP contribution is -2.15. The van der Waals surface area contributed by atoms with Gasteiger partial charge in [-0.1, -0.05) is 25.1 Å². The Morgan fingerprint density at radius 3 is 2.12 bits per heavy atom. The Morgan fingerprint density at radius 1 is 1.08 bits per heavy atom. The number of aryl methyl sites for hydroxylation is 2. The van der Waals surface area contributed by atoms with Crippen LogP contribution < -0.4 is 5.32 Å². The molecule has 0 radical (unpaired) electrons. The predicted molar refractivity (Wildman–Crippen MR) is 93.0 cm³/mol. The summed E-state index contributed by atoms with van der Waals surface area (Å²) in [5.74, 6) is -0.629. The van der Waals surface area contributed by atoms with Crippen LogP contribution in [0, 0.1) is 34.1 Å². The van der Waals surface area contributed by atoms with E-state index in [1.54, 1.807) is 0 Å². The Morgan fingerprint density at radius 2 is 1.64 bits per heavy atom. The topological polar surface area (TPSA) is 115 Å². The highest BCUT2D eigenvalue weighted by atomic mass is 16.6. The van der Waals surface area contributed by atoms with E-state index < -0.39 is 27.1 Å². The van der Waals surface area contributed by atoms with Gasteiger partial charge >= 0.3 is 0 Å². The molecule has 2 rings (SSSR count). The Bertz CT molecular complexity index is 842. The van der Waals surface area contributed by atoms with Gasteiger partial charge in [-0.15, -0.1) is 0 Å². The molecule has 8 heteroatoms. The number of hydrogen-bond acceptors (Lipinski definition) is 5. The molecule has 2 aromatic carbocycles. The maximum absolute atomic E-state index is 12.5. The summed E-state index contributed by atoms with van der Waals surface area (Å²) >= 11 is 0. The molecular formula is C17H17N3O5. The second-order valence-electron chi connectivity index (χ2n) is 5.57. The van der Waals surface area contributed by atoms with Gasteiger partial charge in [-0.3, -0.25) is 25.0 Å². The minimum atomic E-state index is -0.732. The van der Waals surface area contributed by atoms with Crippen LogP contribution in [0.5, 0.6) is 0 Å². The van der Waals surface area contributed by atoms with Gasteiger partial charge in [0.05, 0.1) is 15.4 Å². The molecule has 0 unspecified atom stereocenters. The van der Waals surface area contributed by atoms with Crippen LogP contribution >= 0.6 is 0 Å². The van der Waals surface area contributed by atoms with Crippen LogP contribution in [0.3, 0.4) is 0 Å². The Labute approximate surface area is 143 Å². The quantitative estimate of drug-likeness (QED) is 0.652. The Hall–Kier alpha value is -3.29.